The molecule has 0 unspecified atom stereocenters. The minimum atomic E-state index is -0.751. The summed E-state index contributed by atoms with van der Waals surface area (Å²) in [7, 11) is 1.56. The lowest BCUT2D eigenvalue weighted by molar-refractivity contribution is -0.384. The molecule has 0 saturated heterocycles. The largest absolute Gasteiger partial charge is 0.496 e. The van der Waals surface area contributed by atoms with Crippen LogP contribution in [0.2, 0.25) is 0 Å². The van der Waals surface area contributed by atoms with Crippen molar-refractivity contribution in [3.05, 3.63) is 67.7 Å². The number of hydrogen-bond donors (Lipinski definition) is 0. The summed E-state index contributed by atoms with van der Waals surface area (Å²) in [5.41, 5.74) is 2.34. The second-order valence-electron chi connectivity index (χ2n) is 5.33. The van der Waals surface area contributed by atoms with Crippen molar-refractivity contribution in [1.29, 1.82) is 0 Å². The van der Waals surface area contributed by atoms with E-state index >= 15 is 0 Å². The highest BCUT2D eigenvalue weighted by atomic mass is 79.9. The second kappa shape index (κ2) is 7.02. The Bertz CT molecular complexity index is 895. The van der Waals surface area contributed by atoms with E-state index in [4.69, 9.17) is 9.57 Å². The smallest absolute Gasteiger partial charge is 0.365 e. The average Bonchev–Trinajstić information content (AvgIpc) is 3.05. The van der Waals surface area contributed by atoms with Gasteiger partial charge in [-0.2, -0.15) is 0 Å². The molecule has 1 aliphatic carbocycles. The predicted octanol–water partition coefficient (Wildman–Crippen LogP) is 3.87. The van der Waals surface area contributed by atoms with Crippen molar-refractivity contribution in [3.63, 3.8) is 0 Å². The number of rotatable bonds is 4. The van der Waals surface area contributed by atoms with Crippen molar-refractivity contribution in [2.45, 2.75) is 12.8 Å². The molecule has 0 bridgehead atoms. The highest BCUT2D eigenvalue weighted by molar-refractivity contribution is 9.10. The summed E-state index contributed by atoms with van der Waals surface area (Å²) in [6.07, 6.45) is 1.36. The first kappa shape index (κ1) is 17.1. The van der Waals surface area contributed by atoms with Gasteiger partial charge in [0.1, 0.15) is 5.75 Å². The van der Waals surface area contributed by atoms with Gasteiger partial charge in [-0.1, -0.05) is 27.2 Å². The molecule has 0 N–H and O–H groups in total. The van der Waals surface area contributed by atoms with Gasteiger partial charge in [-0.3, -0.25) is 10.1 Å². The summed E-state index contributed by atoms with van der Waals surface area (Å²) in [6, 6.07) is 9.03. The van der Waals surface area contributed by atoms with E-state index in [2.05, 4.69) is 21.1 Å². The van der Waals surface area contributed by atoms with E-state index in [-0.39, 0.29) is 11.3 Å². The molecule has 0 saturated carbocycles. The number of oxime groups is 1. The van der Waals surface area contributed by atoms with Crippen LogP contribution in [0.25, 0.3) is 0 Å². The Morgan fingerprint density at radius 2 is 2.08 bits per heavy atom. The summed E-state index contributed by atoms with van der Waals surface area (Å²) in [5, 5.41) is 14.8. The molecule has 0 spiro atoms. The first-order valence-corrected chi connectivity index (χ1v) is 8.19. The number of carbonyl (C=O) groups excluding carboxylic acids is 1. The van der Waals surface area contributed by atoms with Crippen molar-refractivity contribution < 1.29 is 19.3 Å². The number of carbonyl (C=O) groups is 1. The first-order valence-electron chi connectivity index (χ1n) is 7.39. The van der Waals surface area contributed by atoms with Gasteiger partial charge in [-0.25, -0.2) is 4.79 Å². The van der Waals surface area contributed by atoms with Crippen LogP contribution in [0.4, 0.5) is 5.69 Å². The molecule has 0 fully saturated rings. The third-order valence-corrected chi connectivity index (χ3v) is 4.61. The molecule has 2 aromatic carbocycles. The van der Waals surface area contributed by atoms with Crippen molar-refractivity contribution in [3.8, 4) is 5.75 Å². The Kier molecular flexibility index (Phi) is 4.80. The van der Waals surface area contributed by atoms with Gasteiger partial charge in [0.2, 0.25) is 0 Å². The molecule has 1 aliphatic rings. The molecule has 8 heteroatoms. The zero-order valence-corrected chi connectivity index (χ0v) is 14.8. The molecule has 25 heavy (non-hydrogen) atoms. The topological polar surface area (TPSA) is 91.0 Å². The van der Waals surface area contributed by atoms with Gasteiger partial charge in [0.15, 0.2) is 0 Å². The Labute approximate surface area is 151 Å². The number of ether oxygens (including phenoxy) is 1. The molecule has 0 aliphatic heterocycles. The van der Waals surface area contributed by atoms with Crippen LogP contribution in [0.3, 0.4) is 0 Å². The van der Waals surface area contributed by atoms with E-state index in [0.29, 0.717) is 17.9 Å². The summed E-state index contributed by atoms with van der Waals surface area (Å²) >= 11 is 3.49. The third-order valence-electron chi connectivity index (χ3n) is 3.87. The van der Waals surface area contributed by atoms with Crippen LogP contribution in [0.5, 0.6) is 5.75 Å². The van der Waals surface area contributed by atoms with Crippen LogP contribution >= 0.6 is 15.9 Å². The minimum absolute atomic E-state index is 0.0676. The summed E-state index contributed by atoms with van der Waals surface area (Å²) in [4.78, 5) is 27.3. The number of non-ortho nitro benzene ring substituents is 1. The van der Waals surface area contributed by atoms with Crippen LogP contribution in [0, 0.1) is 10.1 Å². The molecule has 0 atom stereocenters. The van der Waals surface area contributed by atoms with Gasteiger partial charge in [-0.15, -0.1) is 0 Å². The maximum atomic E-state index is 12.1. The Morgan fingerprint density at radius 3 is 2.80 bits per heavy atom. The average molecular weight is 405 g/mol. The van der Waals surface area contributed by atoms with Gasteiger partial charge in [0.25, 0.3) is 5.69 Å². The van der Waals surface area contributed by atoms with E-state index in [1.54, 1.807) is 7.11 Å². The Hall–Kier alpha value is -2.74. The van der Waals surface area contributed by atoms with Gasteiger partial charge in [0.05, 0.1) is 23.3 Å². The lowest BCUT2D eigenvalue weighted by Gasteiger charge is -2.09. The molecule has 0 radical (unpaired) electrons. The van der Waals surface area contributed by atoms with E-state index in [9.17, 15) is 14.9 Å². The molecule has 128 valence electrons. The molecule has 0 amide bonds. The normalized spacial score (nSPS) is 14.2. The standard InChI is InChI=1S/C17H13BrN2O5/c1-24-15-8-6-13(18)12-5-7-14(16(12)15)19-25-17(21)10-3-2-4-11(9-10)20(22)23/h2-4,6,8-9H,5,7H2,1H3/b19-14-. The highest BCUT2D eigenvalue weighted by Crippen LogP contribution is 2.36. The van der Waals surface area contributed by atoms with Crippen LogP contribution in [0.1, 0.15) is 27.9 Å². The SMILES string of the molecule is COc1ccc(Br)c2c1/C(=N\OC(=O)c1cccc([N+](=O)[O-])c1)CC2. The molecule has 3 rings (SSSR count). The number of nitrogens with zero attached hydrogens (tertiary/aromatic N) is 2. The number of hydrogen-bond acceptors (Lipinski definition) is 6. The van der Waals surface area contributed by atoms with Crippen LogP contribution in [0.15, 0.2) is 46.0 Å². The maximum Gasteiger partial charge on any atom is 0.365 e. The zero-order chi connectivity index (χ0) is 18.0. The number of benzene rings is 2. The molecule has 0 heterocycles. The number of nitro groups is 1. The maximum absolute atomic E-state index is 12.1. The van der Waals surface area contributed by atoms with Crippen molar-refractivity contribution >= 4 is 33.3 Å². The Morgan fingerprint density at radius 1 is 1.28 bits per heavy atom. The fourth-order valence-corrected chi connectivity index (χ4v) is 3.22. The monoisotopic (exact) mass is 404 g/mol. The van der Waals surface area contributed by atoms with E-state index in [1.807, 2.05) is 12.1 Å². The number of fused-ring (bicyclic) bond motifs is 1. The predicted molar refractivity (Wildman–Crippen MR) is 94.1 cm³/mol. The third kappa shape index (κ3) is 3.39. The van der Waals surface area contributed by atoms with Crippen molar-refractivity contribution in [2.24, 2.45) is 5.16 Å². The lowest BCUT2D eigenvalue weighted by Crippen LogP contribution is -2.05. The van der Waals surface area contributed by atoms with Crippen molar-refractivity contribution in [2.75, 3.05) is 7.11 Å². The van der Waals surface area contributed by atoms with Crippen LogP contribution in [-0.2, 0) is 11.3 Å². The van der Waals surface area contributed by atoms with Gasteiger partial charge < -0.3 is 9.57 Å². The first-order chi connectivity index (χ1) is 12.0. The van der Waals surface area contributed by atoms with Crippen LogP contribution < -0.4 is 4.74 Å². The van der Waals surface area contributed by atoms with Crippen molar-refractivity contribution in [1.82, 2.24) is 0 Å². The van der Waals surface area contributed by atoms with E-state index in [1.165, 1.54) is 18.2 Å². The Balaban J connectivity index is 1.85. The molecular formula is C17H13BrN2O5. The fraction of sp³-hybridized carbons (Fsp3) is 0.176. The zero-order valence-electron chi connectivity index (χ0n) is 13.2. The summed E-state index contributed by atoms with van der Waals surface area (Å²) in [6.45, 7) is 0. The number of halogens is 1. The summed E-state index contributed by atoms with van der Waals surface area (Å²) < 4.78 is 6.30. The van der Waals surface area contributed by atoms with Gasteiger partial charge in [0, 0.05) is 22.2 Å². The fourth-order valence-electron chi connectivity index (χ4n) is 2.69. The molecular weight excluding hydrogens is 392 g/mol. The van der Waals surface area contributed by atoms with E-state index in [0.717, 1.165) is 28.1 Å². The van der Waals surface area contributed by atoms with E-state index < -0.39 is 10.9 Å². The number of methoxy groups -OCH3 is 1. The lowest BCUT2D eigenvalue weighted by atomic mass is 10.1. The molecule has 2 aromatic rings. The molecule has 0 aromatic heterocycles. The summed E-state index contributed by atoms with van der Waals surface area (Å²) in [5.74, 6) is -0.0977. The molecule has 7 nitrogen and oxygen atoms in total. The second-order valence-corrected chi connectivity index (χ2v) is 6.18. The number of nitro benzene ring substituents is 1. The van der Waals surface area contributed by atoms with Gasteiger partial charge in [-0.05, 0) is 36.6 Å². The quantitative estimate of drug-likeness (QED) is 0.438. The van der Waals surface area contributed by atoms with Crippen LogP contribution in [-0.4, -0.2) is 23.7 Å². The minimum Gasteiger partial charge on any atom is -0.496 e. The van der Waals surface area contributed by atoms with Gasteiger partial charge >= 0.3 is 5.97 Å². The highest BCUT2D eigenvalue weighted by Gasteiger charge is 2.25.